The number of aromatic nitrogens is 1. The lowest BCUT2D eigenvalue weighted by Crippen LogP contribution is -2.43. The van der Waals surface area contributed by atoms with Gasteiger partial charge in [0.25, 0.3) is 5.91 Å². The van der Waals surface area contributed by atoms with Crippen LogP contribution in [0.2, 0.25) is 0 Å². The largest absolute Gasteiger partial charge is 0.416 e. The van der Waals surface area contributed by atoms with Crippen LogP contribution in [0.4, 0.5) is 38.5 Å². The van der Waals surface area contributed by atoms with Crippen molar-refractivity contribution in [2.45, 2.75) is 54.1 Å². The third-order valence-corrected chi connectivity index (χ3v) is 6.99. The van der Waals surface area contributed by atoms with Crippen LogP contribution >= 0.6 is 11.3 Å². The van der Waals surface area contributed by atoms with E-state index in [9.17, 15) is 36.3 Å². The fourth-order valence-corrected chi connectivity index (χ4v) is 4.13. The molecule has 1 atom stereocenters. The Morgan fingerprint density at radius 3 is 2.10 bits per heavy atom. The van der Waals surface area contributed by atoms with Gasteiger partial charge in [-0.05, 0) is 57.0 Å². The zero-order valence-electron chi connectivity index (χ0n) is 22.6. The molecule has 2 aromatic carbocycles. The van der Waals surface area contributed by atoms with Crippen LogP contribution in [0.1, 0.15) is 60.6 Å². The molecular formula is C27H29F5N4O3S. The molecular weight excluding hydrogens is 555 g/mol. The summed E-state index contributed by atoms with van der Waals surface area (Å²) >= 11 is 0.776. The molecule has 3 rings (SSSR count). The van der Waals surface area contributed by atoms with E-state index >= 15 is 0 Å². The molecule has 0 radical (unpaired) electrons. The Labute approximate surface area is 232 Å². The maximum atomic E-state index is 13.5. The van der Waals surface area contributed by atoms with E-state index in [0.717, 1.165) is 41.7 Å². The summed E-state index contributed by atoms with van der Waals surface area (Å²) < 4.78 is 65.9. The molecule has 0 bridgehead atoms. The van der Waals surface area contributed by atoms with Gasteiger partial charge in [-0.3, -0.25) is 14.4 Å². The summed E-state index contributed by atoms with van der Waals surface area (Å²) in [5, 5.41) is 7.29. The van der Waals surface area contributed by atoms with Crippen LogP contribution in [-0.4, -0.2) is 22.7 Å². The SMILES string of the molecule is CC.CCC(C)(C(=O)Nc1ccc(F)c(F)c1)C(=O)Nc1nc(C)c(C(=O)Nc2cc(C(F)(F)F)ccc2C)s1. The minimum atomic E-state index is -4.59. The van der Waals surface area contributed by atoms with E-state index in [2.05, 4.69) is 20.9 Å². The minimum Gasteiger partial charge on any atom is -0.325 e. The van der Waals surface area contributed by atoms with Gasteiger partial charge in [-0.25, -0.2) is 13.8 Å². The normalized spacial score (nSPS) is 12.5. The lowest BCUT2D eigenvalue weighted by atomic mass is 9.85. The van der Waals surface area contributed by atoms with Crippen molar-refractivity contribution in [2.24, 2.45) is 5.41 Å². The van der Waals surface area contributed by atoms with Crippen molar-refractivity contribution in [1.29, 1.82) is 0 Å². The number of carbonyl (C=O) groups excluding carboxylic acids is 3. The molecule has 0 aliphatic rings. The van der Waals surface area contributed by atoms with Gasteiger partial charge in [-0.15, -0.1) is 0 Å². The monoisotopic (exact) mass is 584 g/mol. The molecule has 0 aliphatic heterocycles. The van der Waals surface area contributed by atoms with Crippen LogP contribution < -0.4 is 16.0 Å². The van der Waals surface area contributed by atoms with E-state index in [4.69, 9.17) is 0 Å². The first kappa shape index (κ1) is 32.3. The molecule has 13 heteroatoms. The number of carbonyl (C=O) groups is 3. The van der Waals surface area contributed by atoms with Crippen LogP contribution in [-0.2, 0) is 15.8 Å². The number of alkyl halides is 3. The highest BCUT2D eigenvalue weighted by atomic mass is 32.1. The number of anilines is 3. The number of aryl methyl sites for hydroxylation is 2. The van der Waals surface area contributed by atoms with E-state index in [1.165, 1.54) is 26.8 Å². The Kier molecular flexibility index (Phi) is 10.5. The van der Waals surface area contributed by atoms with Crippen molar-refractivity contribution in [3.8, 4) is 0 Å². The van der Waals surface area contributed by atoms with Crippen LogP contribution in [0.3, 0.4) is 0 Å². The topological polar surface area (TPSA) is 100 Å². The van der Waals surface area contributed by atoms with Crippen molar-refractivity contribution in [1.82, 2.24) is 4.98 Å². The second-order valence-electron chi connectivity index (χ2n) is 8.64. The summed E-state index contributed by atoms with van der Waals surface area (Å²) in [5.74, 6) is -4.54. The lowest BCUT2D eigenvalue weighted by Gasteiger charge is -2.25. The van der Waals surface area contributed by atoms with Crippen LogP contribution in [0.25, 0.3) is 0 Å². The Hall–Kier alpha value is -3.87. The van der Waals surface area contributed by atoms with E-state index in [0.29, 0.717) is 5.56 Å². The molecule has 40 heavy (non-hydrogen) atoms. The standard InChI is InChI=1S/C25H23F5N4O3S.C2H6/c1-5-24(4,21(36)32-15-8-9-16(26)17(27)11-15)22(37)34-23-31-13(3)19(38-23)20(35)33-18-10-14(25(28,29)30)7-6-12(18)2;1-2/h6-11H,5H2,1-4H3,(H,32,36)(H,33,35)(H,31,34,37);1-2H3. The Morgan fingerprint density at radius 2 is 1.52 bits per heavy atom. The predicted molar refractivity (Wildman–Crippen MR) is 144 cm³/mol. The van der Waals surface area contributed by atoms with E-state index in [-0.39, 0.29) is 33.5 Å². The van der Waals surface area contributed by atoms with E-state index in [1.54, 1.807) is 6.92 Å². The van der Waals surface area contributed by atoms with Crippen LogP contribution in [0, 0.1) is 30.9 Å². The third kappa shape index (κ3) is 7.40. The summed E-state index contributed by atoms with van der Waals surface area (Å²) in [5.41, 5.74) is -2.04. The highest BCUT2D eigenvalue weighted by molar-refractivity contribution is 7.17. The highest BCUT2D eigenvalue weighted by Gasteiger charge is 2.40. The number of hydrogen-bond acceptors (Lipinski definition) is 5. The first-order valence-electron chi connectivity index (χ1n) is 12.2. The summed E-state index contributed by atoms with van der Waals surface area (Å²) in [6.07, 6.45) is -4.56. The maximum Gasteiger partial charge on any atom is 0.416 e. The number of nitrogens with one attached hydrogen (secondary N) is 3. The molecule has 0 saturated heterocycles. The molecule has 0 fully saturated rings. The molecule has 0 aliphatic carbocycles. The lowest BCUT2D eigenvalue weighted by molar-refractivity contribution is -0.138. The molecule has 3 aromatic rings. The van der Waals surface area contributed by atoms with Gasteiger partial charge in [0.2, 0.25) is 11.8 Å². The molecule has 3 amide bonds. The summed E-state index contributed by atoms with van der Waals surface area (Å²) in [4.78, 5) is 42.9. The Balaban J connectivity index is 0.00000274. The molecule has 0 spiro atoms. The number of rotatable bonds is 7. The van der Waals surface area contributed by atoms with E-state index in [1.807, 2.05) is 13.8 Å². The maximum absolute atomic E-state index is 13.5. The number of benzene rings is 2. The number of amides is 3. The number of nitrogens with zero attached hydrogens (tertiary/aromatic N) is 1. The quantitative estimate of drug-likeness (QED) is 0.200. The fourth-order valence-electron chi connectivity index (χ4n) is 3.27. The zero-order valence-corrected chi connectivity index (χ0v) is 23.5. The van der Waals surface area contributed by atoms with E-state index < -0.39 is 46.5 Å². The van der Waals surface area contributed by atoms with Gasteiger partial charge < -0.3 is 16.0 Å². The van der Waals surface area contributed by atoms with Crippen LogP contribution in [0.5, 0.6) is 0 Å². The number of halogens is 5. The molecule has 216 valence electrons. The number of hydrogen-bond donors (Lipinski definition) is 3. The molecule has 7 nitrogen and oxygen atoms in total. The Morgan fingerprint density at radius 1 is 0.900 bits per heavy atom. The van der Waals surface area contributed by atoms with Gasteiger partial charge in [-0.2, -0.15) is 13.2 Å². The second-order valence-corrected chi connectivity index (χ2v) is 9.64. The molecule has 1 aromatic heterocycles. The smallest absolute Gasteiger partial charge is 0.325 e. The minimum absolute atomic E-state index is 0.0151. The predicted octanol–water partition coefficient (Wildman–Crippen LogP) is 7.33. The van der Waals surface area contributed by atoms with Crippen LogP contribution in [0.15, 0.2) is 36.4 Å². The van der Waals surface area contributed by atoms with Crippen molar-refractivity contribution >= 4 is 45.6 Å². The second kappa shape index (κ2) is 13.0. The van der Waals surface area contributed by atoms with Gasteiger partial charge >= 0.3 is 6.18 Å². The van der Waals surface area contributed by atoms with Gasteiger partial charge in [0.1, 0.15) is 10.3 Å². The zero-order chi connectivity index (χ0) is 30.4. The van der Waals surface area contributed by atoms with Gasteiger partial charge in [-0.1, -0.05) is 38.2 Å². The van der Waals surface area contributed by atoms with Gasteiger partial charge in [0, 0.05) is 17.4 Å². The molecule has 1 heterocycles. The average Bonchev–Trinajstić information content (AvgIpc) is 3.27. The van der Waals surface area contributed by atoms with Crippen molar-refractivity contribution in [2.75, 3.05) is 16.0 Å². The molecule has 0 saturated carbocycles. The third-order valence-electron chi connectivity index (χ3n) is 5.92. The highest BCUT2D eigenvalue weighted by Crippen LogP contribution is 2.33. The van der Waals surface area contributed by atoms with Gasteiger partial charge in [0.05, 0.1) is 11.3 Å². The summed E-state index contributed by atoms with van der Waals surface area (Å²) in [6, 6.07) is 5.73. The first-order valence-corrected chi connectivity index (χ1v) is 13.0. The Bertz CT molecular complexity index is 1410. The van der Waals surface area contributed by atoms with Crippen molar-refractivity contribution < 1.29 is 36.3 Å². The fraction of sp³-hybridized carbons (Fsp3) is 0.333. The summed E-state index contributed by atoms with van der Waals surface area (Å²) in [6.45, 7) is 9.95. The molecule has 3 N–H and O–H groups in total. The van der Waals surface area contributed by atoms with Crippen molar-refractivity contribution in [3.05, 3.63) is 69.7 Å². The molecule has 1 unspecified atom stereocenters. The first-order chi connectivity index (χ1) is 18.6. The summed E-state index contributed by atoms with van der Waals surface area (Å²) in [7, 11) is 0. The number of thiazole rings is 1. The average molecular weight is 585 g/mol. The van der Waals surface area contributed by atoms with Crippen molar-refractivity contribution in [3.63, 3.8) is 0 Å². The van der Waals surface area contributed by atoms with Gasteiger partial charge in [0.15, 0.2) is 16.8 Å².